The highest BCUT2D eigenvalue weighted by Gasteiger charge is 2.40. The molecule has 3 aliphatic heterocycles. The van der Waals surface area contributed by atoms with Gasteiger partial charge in [0.15, 0.2) is 0 Å². The Kier molecular flexibility index (Phi) is 9.29. The Bertz CT molecular complexity index is 757. The van der Waals surface area contributed by atoms with Crippen LogP contribution in [0.1, 0.15) is 71.1 Å². The van der Waals surface area contributed by atoms with Crippen molar-refractivity contribution < 1.29 is 17.9 Å². The summed E-state index contributed by atoms with van der Waals surface area (Å²) in [7, 11) is -1.48. The largest absolute Gasteiger partial charge is 0.381 e. The molecule has 6 atom stereocenters. The molecule has 9 heteroatoms. The van der Waals surface area contributed by atoms with E-state index in [9.17, 15) is 13.2 Å². The average molecular weight is 499 g/mol. The number of carbonyl (C=O) groups excluding carboxylic acids is 1. The maximum absolute atomic E-state index is 13.2. The zero-order chi connectivity index (χ0) is 24.1. The fraction of sp³-hybridized carbons (Fsp3) is 0.960. The van der Waals surface area contributed by atoms with E-state index in [0.717, 1.165) is 71.0 Å². The van der Waals surface area contributed by atoms with E-state index in [0.29, 0.717) is 49.7 Å². The van der Waals surface area contributed by atoms with Gasteiger partial charge in [-0.3, -0.25) is 4.79 Å². The fourth-order valence-electron chi connectivity index (χ4n) is 6.70. The van der Waals surface area contributed by atoms with Gasteiger partial charge in [-0.05, 0) is 82.2 Å². The number of methoxy groups -OCH3 is 1. The minimum atomic E-state index is -3.21. The van der Waals surface area contributed by atoms with Crippen LogP contribution in [-0.4, -0.2) is 81.9 Å². The molecule has 34 heavy (non-hydrogen) atoms. The number of nitrogens with one attached hydrogen (secondary N) is 3. The molecule has 3 N–H and O–H groups in total. The highest BCUT2D eigenvalue weighted by molar-refractivity contribution is 7.89. The molecular formula is C25H46N4O4S. The molecule has 0 spiro atoms. The lowest BCUT2D eigenvalue weighted by molar-refractivity contribution is -0.122. The molecule has 0 bridgehead atoms. The Balaban J connectivity index is 1.09. The number of hydrogen-bond donors (Lipinski definition) is 3. The zero-order valence-electron chi connectivity index (χ0n) is 21.1. The molecule has 4 rings (SSSR count). The second kappa shape index (κ2) is 12.0. The van der Waals surface area contributed by atoms with Gasteiger partial charge in [-0.2, -0.15) is 0 Å². The summed E-state index contributed by atoms with van der Waals surface area (Å²) in [4.78, 5) is 12.5. The predicted molar refractivity (Wildman–Crippen MR) is 134 cm³/mol. The van der Waals surface area contributed by atoms with Crippen molar-refractivity contribution in [3.05, 3.63) is 0 Å². The van der Waals surface area contributed by atoms with Gasteiger partial charge in [0, 0.05) is 32.8 Å². The van der Waals surface area contributed by atoms with Crippen LogP contribution in [0, 0.1) is 17.8 Å². The first kappa shape index (κ1) is 26.3. The van der Waals surface area contributed by atoms with E-state index < -0.39 is 10.0 Å². The number of nitrogens with zero attached hydrogens (tertiary/aromatic N) is 1. The van der Waals surface area contributed by atoms with Gasteiger partial charge in [0.05, 0.1) is 17.4 Å². The minimum Gasteiger partial charge on any atom is -0.381 e. The Labute approximate surface area is 206 Å². The van der Waals surface area contributed by atoms with Gasteiger partial charge in [0.2, 0.25) is 15.9 Å². The van der Waals surface area contributed by atoms with Crippen LogP contribution in [0.4, 0.5) is 0 Å². The SMILES string of the molecule is COC1CCC(S(=O)(=O)N2CCC(CCCCNC(=O)C3CC4CNCCC4N3)CC2)CC1C. The Morgan fingerprint density at radius 2 is 1.88 bits per heavy atom. The van der Waals surface area contributed by atoms with Crippen LogP contribution in [0.3, 0.4) is 0 Å². The summed E-state index contributed by atoms with van der Waals surface area (Å²) < 4.78 is 33.6. The van der Waals surface area contributed by atoms with Crippen molar-refractivity contribution in [2.75, 3.05) is 39.8 Å². The predicted octanol–water partition coefficient (Wildman–Crippen LogP) is 1.86. The van der Waals surface area contributed by atoms with Gasteiger partial charge in [-0.1, -0.05) is 19.8 Å². The van der Waals surface area contributed by atoms with E-state index in [2.05, 4.69) is 22.9 Å². The number of fused-ring (bicyclic) bond motifs is 1. The van der Waals surface area contributed by atoms with Crippen molar-refractivity contribution in [1.82, 2.24) is 20.3 Å². The molecule has 8 nitrogen and oxygen atoms in total. The molecule has 0 aromatic rings. The quantitative estimate of drug-likeness (QED) is 0.420. The molecule has 0 aromatic heterocycles. The van der Waals surface area contributed by atoms with Gasteiger partial charge in [-0.15, -0.1) is 0 Å². The maximum Gasteiger partial charge on any atom is 0.237 e. The monoisotopic (exact) mass is 498 g/mol. The zero-order valence-corrected chi connectivity index (χ0v) is 22.0. The van der Waals surface area contributed by atoms with Crippen molar-refractivity contribution >= 4 is 15.9 Å². The molecular weight excluding hydrogens is 452 g/mol. The third-order valence-electron chi connectivity index (χ3n) is 8.92. The van der Waals surface area contributed by atoms with Gasteiger partial charge < -0.3 is 20.7 Å². The van der Waals surface area contributed by atoms with E-state index in [-0.39, 0.29) is 23.3 Å². The van der Waals surface area contributed by atoms with Crippen LogP contribution in [0.15, 0.2) is 0 Å². The van der Waals surface area contributed by atoms with Gasteiger partial charge >= 0.3 is 0 Å². The van der Waals surface area contributed by atoms with Crippen molar-refractivity contribution in [2.45, 2.75) is 94.6 Å². The summed E-state index contributed by atoms with van der Waals surface area (Å²) >= 11 is 0. The van der Waals surface area contributed by atoms with Crippen molar-refractivity contribution in [3.63, 3.8) is 0 Å². The van der Waals surface area contributed by atoms with Crippen LogP contribution < -0.4 is 16.0 Å². The molecule has 4 fully saturated rings. The number of ether oxygens (including phenoxy) is 1. The molecule has 4 aliphatic rings. The van der Waals surface area contributed by atoms with E-state index in [1.165, 1.54) is 0 Å². The lowest BCUT2D eigenvalue weighted by Gasteiger charge is -2.38. The van der Waals surface area contributed by atoms with Gasteiger partial charge in [0.25, 0.3) is 0 Å². The minimum absolute atomic E-state index is 0.0336. The highest BCUT2D eigenvalue weighted by atomic mass is 32.2. The molecule has 3 heterocycles. The first-order valence-corrected chi connectivity index (χ1v) is 15.1. The van der Waals surface area contributed by atoms with Gasteiger partial charge in [0.1, 0.15) is 0 Å². The number of sulfonamides is 1. The molecule has 1 amide bonds. The number of piperidine rings is 2. The number of unbranched alkanes of at least 4 members (excludes halogenated alkanes) is 1. The first-order valence-electron chi connectivity index (χ1n) is 13.6. The van der Waals surface area contributed by atoms with Crippen LogP contribution >= 0.6 is 0 Å². The molecule has 1 saturated carbocycles. The lowest BCUT2D eigenvalue weighted by Crippen LogP contribution is -2.46. The van der Waals surface area contributed by atoms with E-state index in [4.69, 9.17) is 4.74 Å². The smallest absolute Gasteiger partial charge is 0.237 e. The highest BCUT2D eigenvalue weighted by Crippen LogP contribution is 2.34. The molecule has 6 unspecified atom stereocenters. The second-order valence-corrected chi connectivity index (χ2v) is 13.4. The normalized spacial score (nSPS) is 35.7. The third-order valence-corrected chi connectivity index (χ3v) is 11.3. The molecule has 0 aromatic carbocycles. The summed E-state index contributed by atoms with van der Waals surface area (Å²) in [6.07, 6.45) is 9.62. The molecule has 0 radical (unpaired) electrons. The number of carbonyl (C=O) groups is 1. The second-order valence-electron chi connectivity index (χ2n) is 11.2. The topological polar surface area (TPSA) is 99.8 Å². The van der Waals surface area contributed by atoms with Gasteiger partial charge in [-0.25, -0.2) is 12.7 Å². The number of amides is 1. The lowest BCUT2D eigenvalue weighted by atomic mass is 9.87. The van der Waals surface area contributed by atoms with E-state index in [1.54, 1.807) is 11.4 Å². The standard InChI is InChI=1S/C25H46N4O4S/c1-18-15-21(6-7-24(18)33-2)34(31,32)29-13-9-19(10-14-29)5-3-4-11-27-25(30)23-16-20-17-26-12-8-22(20)28-23/h18-24,26,28H,3-17H2,1-2H3,(H,27,30). The van der Waals surface area contributed by atoms with Crippen LogP contribution in [0.25, 0.3) is 0 Å². The Hall–Kier alpha value is -0.740. The fourth-order valence-corrected chi connectivity index (χ4v) is 8.82. The van der Waals surface area contributed by atoms with Crippen molar-refractivity contribution in [1.29, 1.82) is 0 Å². The van der Waals surface area contributed by atoms with Crippen LogP contribution in [0.2, 0.25) is 0 Å². The van der Waals surface area contributed by atoms with Crippen molar-refractivity contribution in [2.24, 2.45) is 17.8 Å². The Morgan fingerprint density at radius 1 is 1.09 bits per heavy atom. The van der Waals surface area contributed by atoms with Crippen molar-refractivity contribution in [3.8, 4) is 0 Å². The average Bonchev–Trinajstić information content (AvgIpc) is 3.28. The first-order chi connectivity index (χ1) is 16.4. The molecule has 1 aliphatic carbocycles. The third kappa shape index (κ3) is 6.33. The summed E-state index contributed by atoms with van der Waals surface area (Å²) in [5, 5.41) is 9.83. The van der Waals surface area contributed by atoms with E-state index >= 15 is 0 Å². The number of hydrogen-bond acceptors (Lipinski definition) is 6. The van der Waals surface area contributed by atoms with Crippen LogP contribution in [0.5, 0.6) is 0 Å². The van der Waals surface area contributed by atoms with E-state index in [1.807, 2.05) is 0 Å². The molecule has 3 saturated heterocycles. The van der Waals surface area contributed by atoms with Crippen LogP contribution in [-0.2, 0) is 19.6 Å². The molecule has 196 valence electrons. The summed E-state index contributed by atoms with van der Waals surface area (Å²) in [6.45, 7) is 6.23. The Morgan fingerprint density at radius 3 is 2.59 bits per heavy atom. The maximum atomic E-state index is 13.2. The summed E-state index contributed by atoms with van der Waals surface area (Å²) in [6, 6.07) is 0.462. The summed E-state index contributed by atoms with van der Waals surface area (Å²) in [5.74, 6) is 1.63. The summed E-state index contributed by atoms with van der Waals surface area (Å²) in [5.41, 5.74) is 0. The number of rotatable bonds is 9.